The van der Waals surface area contributed by atoms with Crippen molar-refractivity contribution in [2.75, 3.05) is 5.73 Å². The van der Waals surface area contributed by atoms with Crippen LogP contribution >= 0.6 is 0 Å². The number of Topliss-reactive ketones (excluding diaryl/α,β-unsaturated/α-hetero) is 1. The van der Waals surface area contributed by atoms with Crippen molar-refractivity contribution in [1.29, 1.82) is 0 Å². The van der Waals surface area contributed by atoms with E-state index in [1.165, 1.54) is 0 Å². The molecule has 7 heteroatoms. The van der Waals surface area contributed by atoms with Gasteiger partial charge in [-0.05, 0) is 19.1 Å². The van der Waals surface area contributed by atoms with Crippen molar-refractivity contribution in [2.45, 2.75) is 19.5 Å². The Morgan fingerprint density at radius 1 is 1.29 bits per heavy atom. The maximum Gasteiger partial charge on any atom is 0.416 e. The smallest absolute Gasteiger partial charge is 0.398 e. The van der Waals surface area contributed by atoms with Crippen molar-refractivity contribution in [2.24, 2.45) is 0 Å². The van der Waals surface area contributed by atoms with Crippen LogP contribution in [0.5, 0.6) is 0 Å². The lowest BCUT2D eigenvalue weighted by Gasteiger charge is -2.15. The third kappa shape index (κ3) is 2.72. The molecule has 0 aliphatic carbocycles. The minimum atomic E-state index is -4.95. The highest BCUT2D eigenvalue weighted by molar-refractivity contribution is 5.99. The highest BCUT2D eigenvalue weighted by Gasteiger charge is 2.36. The van der Waals surface area contributed by atoms with E-state index in [1.54, 1.807) is 0 Å². The van der Waals surface area contributed by atoms with Gasteiger partial charge in [0.05, 0.1) is 5.56 Å². The van der Waals surface area contributed by atoms with Crippen LogP contribution in [0, 0.1) is 0 Å². The molecule has 2 nitrogen and oxygen atoms in total. The fraction of sp³-hybridized carbons (Fsp3) is 0.300. The molecule has 0 heterocycles. The molecular weight excluding hydrogens is 245 g/mol. The summed E-state index contributed by atoms with van der Waals surface area (Å²) in [4.78, 5) is 11.0. The fourth-order valence-electron chi connectivity index (χ4n) is 1.36. The zero-order valence-corrected chi connectivity index (χ0v) is 8.61. The summed E-state index contributed by atoms with van der Waals surface area (Å²) in [5, 5.41) is 0. The van der Waals surface area contributed by atoms with Gasteiger partial charge < -0.3 is 5.73 Å². The summed E-state index contributed by atoms with van der Waals surface area (Å²) < 4.78 is 62.4. The Labute approximate surface area is 93.2 Å². The summed E-state index contributed by atoms with van der Waals surface area (Å²) >= 11 is 0. The average Bonchev–Trinajstić information content (AvgIpc) is 2.14. The number of carbonyl (C=O) groups excluding carboxylic acids is 1. The summed E-state index contributed by atoms with van der Waals surface area (Å²) in [7, 11) is 0. The van der Waals surface area contributed by atoms with E-state index in [2.05, 4.69) is 0 Å². The number of carbonyl (C=O) groups is 1. The number of rotatable bonds is 2. The van der Waals surface area contributed by atoms with Gasteiger partial charge in [0.15, 0.2) is 5.78 Å². The number of hydrogen-bond donors (Lipinski definition) is 1. The number of ketones is 1. The van der Waals surface area contributed by atoms with E-state index < -0.39 is 35.1 Å². The second kappa shape index (κ2) is 4.31. The molecule has 0 unspecified atom stereocenters. The fourth-order valence-corrected chi connectivity index (χ4v) is 1.36. The lowest BCUT2D eigenvalue weighted by atomic mass is 10.00. The Morgan fingerprint density at radius 3 is 2.18 bits per heavy atom. The van der Waals surface area contributed by atoms with Gasteiger partial charge in [-0.2, -0.15) is 13.2 Å². The highest BCUT2D eigenvalue weighted by Crippen LogP contribution is 2.38. The molecule has 94 valence electrons. The number of benzene rings is 1. The topological polar surface area (TPSA) is 43.1 Å². The molecule has 0 saturated heterocycles. The second-order valence-electron chi connectivity index (χ2n) is 3.38. The van der Waals surface area contributed by atoms with E-state index in [-0.39, 0.29) is 5.69 Å². The number of hydrogen-bond acceptors (Lipinski definition) is 2. The molecule has 0 aromatic heterocycles. The third-order valence-electron chi connectivity index (χ3n) is 2.14. The average molecular weight is 253 g/mol. The first-order valence-corrected chi connectivity index (χ1v) is 4.44. The molecule has 1 rings (SSSR count). The van der Waals surface area contributed by atoms with Crippen LogP contribution in [0.15, 0.2) is 12.1 Å². The van der Waals surface area contributed by atoms with Gasteiger partial charge in [0.25, 0.3) is 6.43 Å². The first kappa shape index (κ1) is 13.4. The summed E-state index contributed by atoms with van der Waals surface area (Å²) in [6, 6.07) is 0.851. The summed E-state index contributed by atoms with van der Waals surface area (Å²) in [5.41, 5.74) is 1.69. The van der Waals surface area contributed by atoms with E-state index in [1.807, 2.05) is 0 Å². The first-order chi connectivity index (χ1) is 7.64. The van der Waals surface area contributed by atoms with Crippen molar-refractivity contribution < 1.29 is 26.7 Å². The highest BCUT2D eigenvalue weighted by atomic mass is 19.4. The van der Waals surface area contributed by atoms with Gasteiger partial charge in [-0.1, -0.05) is 0 Å². The standard InChI is InChI=1S/C10H8F5NO/c1-4(17)5-2-7(10(13,14)15)6(9(11)12)3-8(5)16/h2-3,9H,16H2,1H3. The Bertz CT molecular complexity index is 453. The van der Waals surface area contributed by atoms with Gasteiger partial charge in [0.2, 0.25) is 0 Å². The largest absolute Gasteiger partial charge is 0.416 e. The molecule has 0 amide bonds. The van der Waals surface area contributed by atoms with Crippen LogP contribution < -0.4 is 5.73 Å². The van der Waals surface area contributed by atoms with Crippen LogP contribution in [0.25, 0.3) is 0 Å². The predicted molar refractivity (Wildman–Crippen MR) is 50.8 cm³/mol. The van der Waals surface area contributed by atoms with Crippen LogP contribution in [0.1, 0.15) is 34.8 Å². The van der Waals surface area contributed by atoms with E-state index in [9.17, 15) is 26.7 Å². The van der Waals surface area contributed by atoms with Gasteiger partial charge in [-0.15, -0.1) is 0 Å². The molecule has 0 aliphatic heterocycles. The molecule has 0 bridgehead atoms. The lowest BCUT2D eigenvalue weighted by molar-refractivity contribution is -0.139. The van der Waals surface area contributed by atoms with Gasteiger partial charge in [0, 0.05) is 16.8 Å². The maximum atomic E-state index is 12.5. The molecule has 2 N–H and O–H groups in total. The van der Waals surface area contributed by atoms with Crippen molar-refractivity contribution in [3.05, 3.63) is 28.8 Å². The normalized spacial score (nSPS) is 11.9. The van der Waals surface area contributed by atoms with Gasteiger partial charge in [-0.25, -0.2) is 8.78 Å². The van der Waals surface area contributed by atoms with Crippen LogP contribution in [0.3, 0.4) is 0 Å². The summed E-state index contributed by atoms with van der Waals surface area (Å²) in [6.07, 6.45) is -8.26. The van der Waals surface area contributed by atoms with E-state index >= 15 is 0 Å². The Balaban J connectivity index is 3.54. The maximum absolute atomic E-state index is 12.5. The lowest BCUT2D eigenvalue weighted by Crippen LogP contribution is -2.13. The Kier molecular flexibility index (Phi) is 3.40. The SMILES string of the molecule is CC(=O)c1cc(C(F)(F)F)c(C(F)F)cc1N. The summed E-state index contributed by atoms with van der Waals surface area (Å²) in [6.45, 7) is 1.01. The Hall–Kier alpha value is -1.66. The van der Waals surface area contributed by atoms with Crippen molar-refractivity contribution in [3.63, 3.8) is 0 Å². The zero-order valence-electron chi connectivity index (χ0n) is 8.61. The van der Waals surface area contributed by atoms with Gasteiger partial charge in [0.1, 0.15) is 0 Å². The molecular formula is C10H8F5NO. The van der Waals surface area contributed by atoms with Gasteiger partial charge in [-0.3, -0.25) is 4.79 Å². The monoisotopic (exact) mass is 253 g/mol. The van der Waals surface area contributed by atoms with E-state index in [0.717, 1.165) is 6.92 Å². The van der Waals surface area contributed by atoms with Crippen LogP contribution in [0.2, 0.25) is 0 Å². The second-order valence-corrected chi connectivity index (χ2v) is 3.38. The van der Waals surface area contributed by atoms with E-state index in [4.69, 9.17) is 5.73 Å². The molecule has 0 spiro atoms. The quantitative estimate of drug-likeness (QED) is 0.498. The number of alkyl halides is 5. The molecule has 0 saturated carbocycles. The minimum absolute atomic E-state index is 0.360. The predicted octanol–water partition coefficient (Wildman–Crippen LogP) is 3.43. The number of halogens is 5. The molecule has 1 aromatic rings. The van der Waals surface area contributed by atoms with E-state index in [0.29, 0.717) is 12.1 Å². The molecule has 0 aliphatic rings. The van der Waals surface area contributed by atoms with Crippen molar-refractivity contribution in [3.8, 4) is 0 Å². The third-order valence-corrected chi connectivity index (χ3v) is 2.14. The molecule has 17 heavy (non-hydrogen) atoms. The van der Waals surface area contributed by atoms with Gasteiger partial charge >= 0.3 is 6.18 Å². The molecule has 0 radical (unpaired) electrons. The number of nitrogens with two attached hydrogens (primary N) is 1. The molecule has 0 fully saturated rings. The number of nitrogen functional groups attached to an aromatic ring is 1. The van der Waals surface area contributed by atoms with Crippen molar-refractivity contribution in [1.82, 2.24) is 0 Å². The number of anilines is 1. The van der Waals surface area contributed by atoms with Crippen LogP contribution in [-0.2, 0) is 6.18 Å². The van der Waals surface area contributed by atoms with Crippen LogP contribution in [-0.4, -0.2) is 5.78 Å². The molecule has 0 atom stereocenters. The molecule has 1 aromatic carbocycles. The zero-order chi connectivity index (χ0) is 13.4. The van der Waals surface area contributed by atoms with Crippen molar-refractivity contribution >= 4 is 11.5 Å². The summed E-state index contributed by atoms with van der Waals surface area (Å²) in [5.74, 6) is -0.714. The first-order valence-electron chi connectivity index (χ1n) is 4.44. The minimum Gasteiger partial charge on any atom is -0.398 e. The van der Waals surface area contributed by atoms with Crippen LogP contribution in [0.4, 0.5) is 27.6 Å². The Morgan fingerprint density at radius 2 is 1.82 bits per heavy atom.